The topological polar surface area (TPSA) is 76.1 Å². The Morgan fingerprint density at radius 2 is 1.96 bits per heavy atom. The number of unbranched alkanes of at least 4 members (excludes halogenated alkanes) is 1. The minimum absolute atomic E-state index is 0.176. The number of carboxylic acid groups (broad SMARTS) is 1. The second-order valence-electron chi connectivity index (χ2n) is 7.75. The molecule has 1 aliphatic rings. The second kappa shape index (κ2) is 9.14. The van der Waals surface area contributed by atoms with Gasteiger partial charge >= 0.3 is 6.09 Å². The number of imide groups is 1. The summed E-state index contributed by atoms with van der Waals surface area (Å²) in [4.78, 5) is 24.5. The maximum Gasteiger partial charge on any atom is 0.414 e. The first-order valence-electron chi connectivity index (χ1n) is 9.09. The molecule has 1 saturated heterocycles. The largest absolute Gasteiger partial charge is 0.465 e. The lowest BCUT2D eigenvalue weighted by molar-refractivity contribution is -0.162. The minimum atomic E-state index is -1.20. The lowest BCUT2D eigenvalue weighted by Gasteiger charge is -2.44. The Balaban J connectivity index is 1.84. The van der Waals surface area contributed by atoms with Crippen molar-refractivity contribution >= 4 is 12.0 Å². The van der Waals surface area contributed by atoms with Gasteiger partial charge in [-0.25, -0.2) is 9.69 Å². The monoisotopic (exact) mass is 363 g/mol. The van der Waals surface area contributed by atoms with Gasteiger partial charge in [-0.2, -0.15) is 0 Å². The molecule has 1 unspecified atom stereocenters. The zero-order chi connectivity index (χ0) is 19.2. The van der Waals surface area contributed by atoms with Gasteiger partial charge in [0.2, 0.25) is 0 Å². The van der Waals surface area contributed by atoms with Crippen LogP contribution in [0.2, 0.25) is 0 Å². The molecule has 2 rings (SSSR count). The number of amides is 2. The first kappa shape index (κ1) is 20.4. The summed E-state index contributed by atoms with van der Waals surface area (Å²) in [6.45, 7) is 7.00. The molecule has 0 radical (unpaired) electrons. The van der Waals surface area contributed by atoms with Crippen molar-refractivity contribution in [1.82, 2.24) is 4.90 Å². The molecule has 6 heteroatoms. The number of benzene rings is 1. The molecule has 0 aromatic heterocycles. The van der Waals surface area contributed by atoms with E-state index in [0.29, 0.717) is 19.6 Å². The van der Waals surface area contributed by atoms with E-state index in [1.54, 1.807) is 0 Å². The second-order valence-corrected chi connectivity index (χ2v) is 7.75. The molecule has 1 aliphatic heterocycles. The maximum absolute atomic E-state index is 12.0. The quantitative estimate of drug-likeness (QED) is 0.748. The van der Waals surface area contributed by atoms with Crippen LogP contribution in [-0.2, 0) is 20.9 Å². The molecule has 2 amide bonds. The third-order valence-electron chi connectivity index (χ3n) is 4.55. The van der Waals surface area contributed by atoms with Crippen LogP contribution in [-0.4, -0.2) is 47.4 Å². The van der Waals surface area contributed by atoms with Crippen LogP contribution in [0.5, 0.6) is 0 Å². The molecular formula is C20H29NO5. The Morgan fingerprint density at radius 1 is 1.27 bits per heavy atom. The van der Waals surface area contributed by atoms with Gasteiger partial charge in [-0.3, -0.25) is 4.79 Å². The summed E-state index contributed by atoms with van der Waals surface area (Å²) in [6.07, 6.45) is 0.655. The predicted octanol–water partition coefficient (Wildman–Crippen LogP) is 3.69. The number of rotatable bonds is 7. The van der Waals surface area contributed by atoms with E-state index in [-0.39, 0.29) is 18.1 Å². The molecule has 0 spiro atoms. The summed E-state index contributed by atoms with van der Waals surface area (Å²) in [5, 5.41) is 9.45. The molecule has 0 saturated carbocycles. The fourth-order valence-corrected chi connectivity index (χ4v) is 3.34. The predicted molar refractivity (Wildman–Crippen MR) is 97.8 cm³/mol. The molecule has 1 aromatic carbocycles. The van der Waals surface area contributed by atoms with Gasteiger partial charge in [-0.05, 0) is 30.2 Å². The number of carbonyl (C=O) groups is 2. The van der Waals surface area contributed by atoms with Gasteiger partial charge in [0.15, 0.2) is 0 Å². The molecule has 2 atom stereocenters. The van der Waals surface area contributed by atoms with Crippen molar-refractivity contribution in [2.45, 2.75) is 58.8 Å². The van der Waals surface area contributed by atoms with Crippen molar-refractivity contribution in [2.24, 2.45) is 5.41 Å². The molecule has 1 N–H and O–H groups in total. The van der Waals surface area contributed by atoms with Crippen LogP contribution in [0.3, 0.4) is 0 Å². The Hall–Kier alpha value is -1.92. The van der Waals surface area contributed by atoms with Crippen LogP contribution in [0, 0.1) is 5.41 Å². The van der Waals surface area contributed by atoms with Crippen LogP contribution < -0.4 is 0 Å². The molecule has 1 aromatic rings. The van der Waals surface area contributed by atoms with E-state index in [1.807, 2.05) is 51.1 Å². The van der Waals surface area contributed by atoms with E-state index < -0.39 is 18.0 Å². The van der Waals surface area contributed by atoms with E-state index in [4.69, 9.17) is 9.47 Å². The number of hydrogen-bond acceptors (Lipinski definition) is 4. The number of hydrogen-bond donors (Lipinski definition) is 1. The first-order valence-corrected chi connectivity index (χ1v) is 9.09. The Morgan fingerprint density at radius 3 is 2.58 bits per heavy atom. The Kier molecular flexibility index (Phi) is 7.17. The number of ether oxygens (including phenoxy) is 2. The van der Waals surface area contributed by atoms with Gasteiger partial charge in [0.1, 0.15) is 6.61 Å². The molecule has 0 aliphatic carbocycles. The van der Waals surface area contributed by atoms with Crippen molar-refractivity contribution in [3.8, 4) is 0 Å². The fraction of sp³-hybridized carbons (Fsp3) is 0.600. The van der Waals surface area contributed by atoms with E-state index >= 15 is 0 Å². The summed E-state index contributed by atoms with van der Waals surface area (Å²) < 4.78 is 11.4. The third kappa shape index (κ3) is 5.54. The van der Waals surface area contributed by atoms with Crippen molar-refractivity contribution in [1.29, 1.82) is 0 Å². The average molecular weight is 363 g/mol. The van der Waals surface area contributed by atoms with E-state index in [0.717, 1.165) is 23.3 Å². The van der Waals surface area contributed by atoms with Crippen molar-refractivity contribution in [2.75, 3.05) is 13.2 Å². The highest BCUT2D eigenvalue weighted by Gasteiger charge is 2.44. The molecule has 6 nitrogen and oxygen atoms in total. The summed E-state index contributed by atoms with van der Waals surface area (Å²) >= 11 is 0. The lowest BCUT2D eigenvalue weighted by atomic mass is 9.81. The standard InChI is InChI=1S/C20H29NO5/c1-20(2,3)18-16(21(19(23)24)17(22)14-26-18)11-7-8-12-25-13-15-9-5-4-6-10-15/h4-6,9-10,16,18H,7-8,11-14H2,1-3H3,(H,23,24)/t16-,18?/m0/s1. The lowest BCUT2D eigenvalue weighted by Crippen LogP contribution is -2.59. The number of nitrogens with zero attached hydrogens (tertiary/aromatic N) is 1. The minimum Gasteiger partial charge on any atom is -0.465 e. The smallest absolute Gasteiger partial charge is 0.414 e. The number of morpholine rings is 1. The van der Waals surface area contributed by atoms with E-state index in [9.17, 15) is 14.7 Å². The molecular weight excluding hydrogens is 334 g/mol. The summed E-state index contributed by atoms with van der Waals surface area (Å²) in [7, 11) is 0. The fourth-order valence-electron chi connectivity index (χ4n) is 3.34. The molecule has 1 fully saturated rings. The molecule has 144 valence electrons. The van der Waals surface area contributed by atoms with Crippen LogP contribution in [0.15, 0.2) is 30.3 Å². The van der Waals surface area contributed by atoms with Gasteiger partial charge in [0.05, 0.1) is 18.8 Å². The Labute approximate surface area is 155 Å². The van der Waals surface area contributed by atoms with Gasteiger partial charge in [0.25, 0.3) is 5.91 Å². The van der Waals surface area contributed by atoms with Crippen molar-refractivity contribution in [3.05, 3.63) is 35.9 Å². The van der Waals surface area contributed by atoms with Crippen LogP contribution >= 0.6 is 0 Å². The average Bonchev–Trinajstić information content (AvgIpc) is 2.57. The molecule has 0 bridgehead atoms. The highest BCUT2D eigenvalue weighted by Crippen LogP contribution is 2.33. The van der Waals surface area contributed by atoms with Gasteiger partial charge < -0.3 is 14.6 Å². The highest BCUT2D eigenvalue weighted by atomic mass is 16.5. The van der Waals surface area contributed by atoms with Gasteiger partial charge in [-0.1, -0.05) is 51.1 Å². The van der Waals surface area contributed by atoms with Gasteiger partial charge in [0, 0.05) is 6.61 Å². The zero-order valence-corrected chi connectivity index (χ0v) is 15.8. The highest BCUT2D eigenvalue weighted by molar-refractivity contribution is 5.92. The Bertz CT molecular complexity index is 596. The summed E-state index contributed by atoms with van der Waals surface area (Å²) in [5.41, 5.74) is 0.881. The van der Waals surface area contributed by atoms with Crippen LogP contribution in [0.25, 0.3) is 0 Å². The maximum atomic E-state index is 12.0. The molecule has 26 heavy (non-hydrogen) atoms. The first-order chi connectivity index (χ1) is 12.3. The summed E-state index contributed by atoms with van der Waals surface area (Å²) in [6, 6.07) is 9.50. The SMILES string of the molecule is CC(C)(C)C1OCC(=O)N(C(=O)O)[C@H]1CCCCOCc1ccccc1. The van der Waals surface area contributed by atoms with Gasteiger partial charge in [-0.15, -0.1) is 0 Å². The van der Waals surface area contributed by atoms with E-state index in [2.05, 4.69) is 0 Å². The normalized spacial score (nSPS) is 21.0. The molecule has 1 heterocycles. The third-order valence-corrected chi connectivity index (χ3v) is 4.55. The van der Waals surface area contributed by atoms with Crippen molar-refractivity contribution < 1.29 is 24.2 Å². The van der Waals surface area contributed by atoms with Crippen LogP contribution in [0.4, 0.5) is 4.79 Å². The van der Waals surface area contributed by atoms with E-state index in [1.165, 1.54) is 0 Å². The zero-order valence-electron chi connectivity index (χ0n) is 15.8. The summed E-state index contributed by atoms with van der Waals surface area (Å²) in [5.74, 6) is -0.483. The number of carbonyl (C=O) groups excluding carboxylic acids is 1. The van der Waals surface area contributed by atoms with Crippen LogP contribution in [0.1, 0.15) is 45.6 Å². The van der Waals surface area contributed by atoms with Crippen molar-refractivity contribution in [3.63, 3.8) is 0 Å².